The molecule has 4 heteroatoms. The zero-order valence-electron chi connectivity index (χ0n) is 10.9. The number of aromatic nitrogens is 1. The van der Waals surface area contributed by atoms with Crippen LogP contribution in [0.5, 0.6) is 0 Å². The topological polar surface area (TPSA) is 54.0 Å². The smallest absolute Gasteiger partial charge is 0.224 e. The first kappa shape index (κ1) is 13.0. The normalized spacial score (nSPS) is 19.5. The fraction of sp³-hybridized carbons (Fsp3) is 0.571. The molecule has 2 N–H and O–H groups in total. The van der Waals surface area contributed by atoms with Crippen molar-refractivity contribution >= 4 is 11.6 Å². The molecular weight excluding hydrogens is 226 g/mol. The molecule has 4 nitrogen and oxygen atoms in total. The summed E-state index contributed by atoms with van der Waals surface area (Å²) in [5.41, 5.74) is 1.85. The summed E-state index contributed by atoms with van der Waals surface area (Å²) < 4.78 is 0. The van der Waals surface area contributed by atoms with Crippen molar-refractivity contribution in [1.29, 1.82) is 0 Å². The molecule has 98 valence electrons. The maximum Gasteiger partial charge on any atom is 0.224 e. The SMILES string of the molecule is Cc1cncc(NC(=O)CCC2CCCNC2)c1. The summed E-state index contributed by atoms with van der Waals surface area (Å²) in [6.45, 7) is 4.15. The van der Waals surface area contributed by atoms with E-state index in [1.54, 1.807) is 12.4 Å². The monoisotopic (exact) mass is 247 g/mol. The highest BCUT2D eigenvalue weighted by Crippen LogP contribution is 2.16. The summed E-state index contributed by atoms with van der Waals surface area (Å²) in [5.74, 6) is 0.744. The van der Waals surface area contributed by atoms with Gasteiger partial charge in [-0.05, 0) is 56.8 Å². The highest BCUT2D eigenvalue weighted by atomic mass is 16.1. The molecular formula is C14H21N3O. The predicted octanol–water partition coefficient (Wildman–Crippen LogP) is 2.11. The molecule has 18 heavy (non-hydrogen) atoms. The van der Waals surface area contributed by atoms with Crippen LogP contribution in [0.25, 0.3) is 0 Å². The van der Waals surface area contributed by atoms with Gasteiger partial charge in [-0.3, -0.25) is 9.78 Å². The Morgan fingerprint density at radius 1 is 1.56 bits per heavy atom. The van der Waals surface area contributed by atoms with Gasteiger partial charge < -0.3 is 10.6 Å². The number of rotatable bonds is 4. The van der Waals surface area contributed by atoms with E-state index < -0.39 is 0 Å². The van der Waals surface area contributed by atoms with Gasteiger partial charge in [-0.25, -0.2) is 0 Å². The molecule has 2 rings (SSSR count). The number of nitrogens with zero attached hydrogens (tertiary/aromatic N) is 1. The molecule has 0 aromatic carbocycles. The van der Waals surface area contributed by atoms with Crippen LogP contribution in [0.4, 0.5) is 5.69 Å². The van der Waals surface area contributed by atoms with Crippen LogP contribution in [0, 0.1) is 12.8 Å². The van der Waals surface area contributed by atoms with Crippen molar-refractivity contribution in [2.45, 2.75) is 32.6 Å². The Morgan fingerprint density at radius 2 is 2.44 bits per heavy atom. The molecule has 1 aromatic rings. The molecule has 1 fully saturated rings. The molecule has 0 bridgehead atoms. The number of aryl methyl sites for hydroxylation is 1. The van der Waals surface area contributed by atoms with E-state index in [0.29, 0.717) is 12.3 Å². The number of carbonyl (C=O) groups excluding carboxylic acids is 1. The molecule has 0 aliphatic carbocycles. The zero-order chi connectivity index (χ0) is 12.8. The highest BCUT2D eigenvalue weighted by molar-refractivity contribution is 5.90. The van der Waals surface area contributed by atoms with Crippen molar-refractivity contribution < 1.29 is 4.79 Å². The molecule has 0 radical (unpaired) electrons. The number of amides is 1. The van der Waals surface area contributed by atoms with E-state index in [0.717, 1.165) is 30.8 Å². The lowest BCUT2D eigenvalue weighted by Crippen LogP contribution is -2.30. The summed E-state index contributed by atoms with van der Waals surface area (Å²) in [5, 5.41) is 6.27. The first-order chi connectivity index (χ1) is 8.74. The Morgan fingerprint density at radius 3 is 3.17 bits per heavy atom. The number of pyridine rings is 1. The number of piperidine rings is 1. The Kier molecular flexibility index (Phi) is 4.70. The van der Waals surface area contributed by atoms with Crippen LogP contribution < -0.4 is 10.6 Å². The molecule has 1 atom stereocenters. The molecule has 1 unspecified atom stereocenters. The van der Waals surface area contributed by atoms with Crippen molar-refractivity contribution in [3.05, 3.63) is 24.0 Å². The van der Waals surface area contributed by atoms with Gasteiger partial charge in [0.2, 0.25) is 5.91 Å². The Labute approximate surface area is 108 Å². The average molecular weight is 247 g/mol. The first-order valence-electron chi connectivity index (χ1n) is 6.66. The predicted molar refractivity (Wildman–Crippen MR) is 72.4 cm³/mol. The third-order valence-corrected chi connectivity index (χ3v) is 3.34. The fourth-order valence-electron chi connectivity index (χ4n) is 2.35. The molecule has 1 aliphatic heterocycles. The number of hydrogen-bond acceptors (Lipinski definition) is 3. The summed E-state index contributed by atoms with van der Waals surface area (Å²) in [7, 11) is 0. The van der Waals surface area contributed by atoms with Gasteiger partial charge in [0, 0.05) is 12.6 Å². The van der Waals surface area contributed by atoms with Crippen molar-refractivity contribution in [2.24, 2.45) is 5.92 Å². The lowest BCUT2D eigenvalue weighted by atomic mass is 9.94. The Hall–Kier alpha value is -1.42. The van der Waals surface area contributed by atoms with Crippen LogP contribution in [-0.2, 0) is 4.79 Å². The Balaban J connectivity index is 1.74. The van der Waals surface area contributed by atoms with E-state index in [1.807, 2.05) is 13.0 Å². The van der Waals surface area contributed by atoms with Gasteiger partial charge in [0.25, 0.3) is 0 Å². The first-order valence-corrected chi connectivity index (χ1v) is 6.66. The molecule has 1 saturated heterocycles. The van der Waals surface area contributed by atoms with Crippen LogP contribution in [-0.4, -0.2) is 24.0 Å². The maximum absolute atomic E-state index is 11.8. The van der Waals surface area contributed by atoms with Crippen LogP contribution >= 0.6 is 0 Å². The van der Waals surface area contributed by atoms with Gasteiger partial charge in [-0.2, -0.15) is 0 Å². The van der Waals surface area contributed by atoms with Crippen LogP contribution in [0.2, 0.25) is 0 Å². The second-order valence-electron chi connectivity index (χ2n) is 5.05. The number of hydrogen-bond donors (Lipinski definition) is 2. The van der Waals surface area contributed by atoms with E-state index in [-0.39, 0.29) is 5.91 Å². The van der Waals surface area contributed by atoms with Gasteiger partial charge in [-0.1, -0.05) is 0 Å². The minimum atomic E-state index is 0.0907. The second-order valence-corrected chi connectivity index (χ2v) is 5.05. The quantitative estimate of drug-likeness (QED) is 0.856. The van der Waals surface area contributed by atoms with Gasteiger partial charge in [0.05, 0.1) is 11.9 Å². The number of nitrogens with one attached hydrogen (secondary N) is 2. The maximum atomic E-state index is 11.8. The summed E-state index contributed by atoms with van der Waals surface area (Å²) >= 11 is 0. The van der Waals surface area contributed by atoms with E-state index in [1.165, 1.54) is 12.8 Å². The minimum Gasteiger partial charge on any atom is -0.325 e. The highest BCUT2D eigenvalue weighted by Gasteiger charge is 2.14. The molecule has 0 spiro atoms. The van der Waals surface area contributed by atoms with E-state index in [4.69, 9.17) is 0 Å². The average Bonchev–Trinajstić information content (AvgIpc) is 2.38. The molecule has 1 amide bonds. The summed E-state index contributed by atoms with van der Waals surface area (Å²) in [4.78, 5) is 15.9. The lowest BCUT2D eigenvalue weighted by molar-refractivity contribution is -0.116. The van der Waals surface area contributed by atoms with E-state index >= 15 is 0 Å². The zero-order valence-corrected chi connectivity index (χ0v) is 10.9. The van der Waals surface area contributed by atoms with Gasteiger partial charge in [0.15, 0.2) is 0 Å². The number of anilines is 1. The molecule has 0 saturated carbocycles. The third-order valence-electron chi connectivity index (χ3n) is 3.34. The molecule has 1 aromatic heterocycles. The van der Waals surface area contributed by atoms with Crippen molar-refractivity contribution in [1.82, 2.24) is 10.3 Å². The Bertz CT molecular complexity index is 400. The second kappa shape index (κ2) is 6.50. The van der Waals surface area contributed by atoms with Crippen LogP contribution in [0.3, 0.4) is 0 Å². The fourth-order valence-corrected chi connectivity index (χ4v) is 2.35. The lowest BCUT2D eigenvalue weighted by Gasteiger charge is -2.22. The van der Waals surface area contributed by atoms with E-state index in [2.05, 4.69) is 15.6 Å². The van der Waals surface area contributed by atoms with Crippen molar-refractivity contribution in [3.63, 3.8) is 0 Å². The van der Waals surface area contributed by atoms with Gasteiger partial charge in [0.1, 0.15) is 0 Å². The number of carbonyl (C=O) groups is 1. The van der Waals surface area contributed by atoms with Crippen LogP contribution in [0.15, 0.2) is 18.5 Å². The third kappa shape index (κ3) is 4.11. The summed E-state index contributed by atoms with van der Waals surface area (Å²) in [6.07, 6.45) is 7.51. The summed E-state index contributed by atoms with van der Waals surface area (Å²) in [6, 6.07) is 1.94. The van der Waals surface area contributed by atoms with Gasteiger partial charge >= 0.3 is 0 Å². The largest absolute Gasteiger partial charge is 0.325 e. The molecule has 1 aliphatic rings. The van der Waals surface area contributed by atoms with Crippen LogP contribution in [0.1, 0.15) is 31.2 Å². The van der Waals surface area contributed by atoms with E-state index in [9.17, 15) is 4.79 Å². The standard InChI is InChI=1S/C14H21N3O/c1-11-7-13(10-16-8-11)17-14(18)5-4-12-3-2-6-15-9-12/h7-8,10,12,15H,2-6,9H2,1H3,(H,17,18). The minimum absolute atomic E-state index is 0.0907. The van der Waals surface area contributed by atoms with Crippen molar-refractivity contribution in [3.8, 4) is 0 Å². The van der Waals surface area contributed by atoms with Gasteiger partial charge in [-0.15, -0.1) is 0 Å². The molecule has 2 heterocycles. The van der Waals surface area contributed by atoms with Crippen molar-refractivity contribution in [2.75, 3.05) is 18.4 Å².